The molecule has 1 aliphatic rings. The lowest BCUT2D eigenvalue weighted by Gasteiger charge is -2.41. The number of aliphatic hydroxyl groups is 1. The van der Waals surface area contributed by atoms with Crippen LogP contribution in [0.15, 0.2) is 107 Å². The number of aliphatic hydroxyl groups excluding tert-OH is 1. The van der Waals surface area contributed by atoms with Crippen molar-refractivity contribution in [2.24, 2.45) is 5.92 Å². The molecule has 0 aliphatic carbocycles. The number of thiazole rings is 1. The van der Waals surface area contributed by atoms with Gasteiger partial charge in [-0.25, -0.2) is 4.98 Å². The number of rotatable bonds is 9. The number of thioether (sulfide) groups is 1. The van der Waals surface area contributed by atoms with E-state index in [-0.39, 0.29) is 30.6 Å². The molecule has 2 heterocycles. The lowest BCUT2D eigenvalue weighted by Crippen LogP contribution is -2.38. The summed E-state index contributed by atoms with van der Waals surface area (Å²) in [5, 5.41) is 12.5. The van der Waals surface area contributed by atoms with Crippen molar-refractivity contribution in [2.75, 3.05) is 5.75 Å². The van der Waals surface area contributed by atoms with Crippen molar-refractivity contribution in [3.63, 3.8) is 0 Å². The Morgan fingerprint density at radius 2 is 1.57 bits per heavy atom. The van der Waals surface area contributed by atoms with Crippen LogP contribution in [0.2, 0.25) is 0 Å². The molecule has 5 aromatic rings. The second-order valence-electron chi connectivity index (χ2n) is 10.4. The number of nitrogens with zero attached hydrogens (tertiary/aromatic N) is 1. The van der Waals surface area contributed by atoms with Crippen molar-refractivity contribution >= 4 is 39.2 Å². The molecule has 6 rings (SSSR count). The van der Waals surface area contributed by atoms with Gasteiger partial charge in [-0.1, -0.05) is 97.5 Å². The zero-order valence-electron chi connectivity index (χ0n) is 23.2. The molecule has 1 aliphatic heterocycles. The van der Waals surface area contributed by atoms with E-state index in [2.05, 4.69) is 18.3 Å². The number of hydrogen-bond acceptors (Lipinski definition) is 7. The molecule has 2 N–H and O–H groups in total. The third-order valence-electron chi connectivity index (χ3n) is 7.51. The van der Waals surface area contributed by atoms with Crippen LogP contribution in [-0.2, 0) is 22.6 Å². The van der Waals surface area contributed by atoms with Gasteiger partial charge in [0.05, 0.1) is 29.0 Å². The van der Waals surface area contributed by atoms with E-state index in [1.165, 1.54) is 4.70 Å². The molecule has 4 atom stereocenters. The van der Waals surface area contributed by atoms with Gasteiger partial charge in [0.15, 0.2) is 10.6 Å². The first kappa shape index (κ1) is 28.6. The second kappa shape index (κ2) is 13.2. The molecule has 6 nitrogen and oxygen atoms in total. The molecule has 0 radical (unpaired) electrons. The number of aromatic nitrogens is 1. The maximum Gasteiger partial charge on any atom is 0.251 e. The maximum absolute atomic E-state index is 12.5. The number of carbonyl (C=O) groups is 1. The van der Waals surface area contributed by atoms with Crippen molar-refractivity contribution in [3.8, 4) is 0 Å². The van der Waals surface area contributed by atoms with E-state index in [4.69, 9.17) is 14.5 Å². The van der Waals surface area contributed by atoms with Gasteiger partial charge in [0.1, 0.15) is 0 Å². The minimum Gasteiger partial charge on any atom is -0.392 e. The van der Waals surface area contributed by atoms with E-state index >= 15 is 0 Å². The number of amides is 1. The van der Waals surface area contributed by atoms with Crippen LogP contribution >= 0.6 is 23.1 Å². The Kier molecular flexibility index (Phi) is 8.98. The highest BCUT2D eigenvalue weighted by atomic mass is 32.2. The summed E-state index contributed by atoms with van der Waals surface area (Å²) in [6.45, 7) is 2.61. The molecule has 8 heteroatoms. The number of para-hydroxylation sites is 1. The zero-order chi connectivity index (χ0) is 28.9. The van der Waals surface area contributed by atoms with E-state index < -0.39 is 6.29 Å². The summed E-state index contributed by atoms with van der Waals surface area (Å²) >= 11 is 3.42. The highest BCUT2D eigenvalue weighted by molar-refractivity contribution is 8.01. The van der Waals surface area contributed by atoms with E-state index in [1.807, 2.05) is 84.9 Å². The number of fused-ring (bicyclic) bond motifs is 1. The van der Waals surface area contributed by atoms with Gasteiger partial charge in [-0.2, -0.15) is 0 Å². The lowest BCUT2D eigenvalue weighted by molar-refractivity contribution is -0.268. The van der Waals surface area contributed by atoms with Crippen molar-refractivity contribution in [1.82, 2.24) is 10.3 Å². The molecular weight excluding hydrogens is 565 g/mol. The summed E-state index contributed by atoms with van der Waals surface area (Å²) in [6.07, 6.45) is -0.798. The van der Waals surface area contributed by atoms with Gasteiger partial charge >= 0.3 is 0 Å². The van der Waals surface area contributed by atoms with E-state index in [9.17, 15) is 9.90 Å². The Morgan fingerprint density at radius 3 is 2.31 bits per heavy atom. The van der Waals surface area contributed by atoms with E-state index in [0.29, 0.717) is 12.1 Å². The molecule has 1 aromatic heterocycles. The fourth-order valence-corrected chi connectivity index (χ4v) is 7.30. The summed E-state index contributed by atoms with van der Waals surface area (Å²) in [5.74, 6) is 0.738. The molecule has 1 amide bonds. The Hall–Kier alpha value is -3.53. The fourth-order valence-electron chi connectivity index (χ4n) is 5.04. The number of hydrogen-bond donors (Lipinski definition) is 2. The largest absolute Gasteiger partial charge is 0.392 e. The topological polar surface area (TPSA) is 80.7 Å². The normalized spacial score (nSPS) is 20.4. The molecule has 4 unspecified atom stereocenters. The van der Waals surface area contributed by atoms with Crippen LogP contribution < -0.4 is 5.32 Å². The van der Waals surface area contributed by atoms with Crippen LogP contribution in [0.1, 0.15) is 51.9 Å². The van der Waals surface area contributed by atoms with Crippen LogP contribution in [0.25, 0.3) is 10.2 Å². The number of ether oxygens (including phenoxy) is 2. The monoisotopic (exact) mass is 596 g/mol. The SMILES string of the molecule is CC1C(CSc2nc3ccccc3s2)OC(c2ccc(CNC(=O)c3ccccc3)cc2)OC1c1ccc(CO)cc1. The molecule has 42 heavy (non-hydrogen) atoms. The van der Waals surface area contributed by atoms with Crippen LogP contribution in [0.5, 0.6) is 0 Å². The molecule has 1 saturated heterocycles. The van der Waals surface area contributed by atoms with Gasteiger partial charge in [-0.3, -0.25) is 4.79 Å². The third-order valence-corrected chi connectivity index (χ3v) is 9.78. The molecule has 1 fully saturated rings. The molecule has 0 spiro atoms. The van der Waals surface area contributed by atoms with E-state index in [0.717, 1.165) is 37.9 Å². The standard InChI is InChI=1S/C34H32N2O4S2/c1-22-29(21-41-34-36-28-9-5-6-10-30(28)42-34)39-33(40-31(22)25-15-13-24(20-37)14-16-25)27-17-11-23(12-18-27)19-35-32(38)26-7-3-2-4-8-26/h2-18,22,29,31,33,37H,19-21H2,1H3,(H,35,38). The van der Waals surface area contributed by atoms with Gasteiger partial charge in [-0.15, -0.1) is 11.3 Å². The van der Waals surface area contributed by atoms with Crippen LogP contribution in [0.4, 0.5) is 0 Å². The highest BCUT2D eigenvalue weighted by Gasteiger charge is 2.38. The van der Waals surface area contributed by atoms with Crippen molar-refractivity contribution in [2.45, 2.75) is 42.9 Å². The molecule has 214 valence electrons. The van der Waals surface area contributed by atoms with E-state index in [1.54, 1.807) is 35.2 Å². The Labute approximate surface area is 253 Å². The number of benzene rings is 4. The third kappa shape index (κ3) is 6.59. The van der Waals surface area contributed by atoms with Gasteiger partial charge in [0, 0.05) is 29.3 Å². The predicted molar refractivity (Wildman–Crippen MR) is 167 cm³/mol. The Bertz CT molecular complexity index is 1590. The number of carbonyl (C=O) groups excluding carboxylic acids is 1. The summed E-state index contributed by atoms with van der Waals surface area (Å²) in [6, 6.07) is 33.4. The molecular formula is C34H32N2O4S2. The fraction of sp³-hybridized carbons (Fsp3) is 0.235. The summed E-state index contributed by atoms with van der Waals surface area (Å²) in [7, 11) is 0. The second-order valence-corrected chi connectivity index (χ2v) is 12.7. The smallest absolute Gasteiger partial charge is 0.251 e. The first-order valence-corrected chi connectivity index (χ1v) is 15.8. The lowest BCUT2D eigenvalue weighted by atomic mass is 9.91. The highest BCUT2D eigenvalue weighted by Crippen LogP contribution is 2.43. The average molecular weight is 597 g/mol. The molecule has 4 aromatic carbocycles. The predicted octanol–water partition coefficient (Wildman–Crippen LogP) is 7.30. The molecule has 0 saturated carbocycles. The summed E-state index contributed by atoms with van der Waals surface area (Å²) < 4.78 is 15.4. The van der Waals surface area contributed by atoms with Crippen molar-refractivity contribution in [3.05, 3.63) is 131 Å². The maximum atomic E-state index is 12.5. The van der Waals surface area contributed by atoms with Crippen molar-refractivity contribution < 1.29 is 19.4 Å². The summed E-state index contributed by atoms with van der Waals surface area (Å²) in [4.78, 5) is 17.2. The number of nitrogens with one attached hydrogen (secondary N) is 1. The quantitative estimate of drug-likeness (QED) is 0.174. The van der Waals surface area contributed by atoms with Crippen LogP contribution in [0, 0.1) is 5.92 Å². The van der Waals surface area contributed by atoms with Crippen LogP contribution in [-0.4, -0.2) is 27.9 Å². The van der Waals surface area contributed by atoms with Crippen molar-refractivity contribution in [1.29, 1.82) is 0 Å². The van der Waals surface area contributed by atoms with Crippen LogP contribution in [0.3, 0.4) is 0 Å². The Balaban J connectivity index is 1.18. The van der Waals surface area contributed by atoms with Gasteiger partial charge in [0.2, 0.25) is 0 Å². The average Bonchev–Trinajstić information content (AvgIpc) is 3.47. The zero-order valence-corrected chi connectivity index (χ0v) is 24.8. The van der Waals surface area contributed by atoms with Gasteiger partial charge in [0.25, 0.3) is 5.91 Å². The van der Waals surface area contributed by atoms with Gasteiger partial charge < -0.3 is 19.9 Å². The minimum atomic E-state index is -0.544. The van der Waals surface area contributed by atoms with Gasteiger partial charge in [-0.05, 0) is 41.0 Å². The minimum absolute atomic E-state index is 0.00662. The molecule has 0 bridgehead atoms. The first-order valence-electron chi connectivity index (χ1n) is 14.0. The Morgan fingerprint density at radius 1 is 0.881 bits per heavy atom. The summed E-state index contributed by atoms with van der Waals surface area (Å²) in [5.41, 5.74) is 5.50. The first-order chi connectivity index (χ1) is 20.6.